The van der Waals surface area contributed by atoms with Gasteiger partial charge in [0.2, 0.25) is 5.75 Å². The number of carbonyl (C=O) groups excluding carboxylic acids is 2. The van der Waals surface area contributed by atoms with Crippen molar-refractivity contribution in [1.29, 1.82) is 0 Å². The number of hydrogen-bond acceptors (Lipinski definition) is 6. The summed E-state index contributed by atoms with van der Waals surface area (Å²) in [6.07, 6.45) is 1.87. The van der Waals surface area contributed by atoms with Crippen LogP contribution in [0.1, 0.15) is 25.8 Å². The molecule has 0 saturated carbocycles. The van der Waals surface area contributed by atoms with Gasteiger partial charge in [-0.05, 0) is 25.5 Å². The lowest BCUT2D eigenvalue weighted by atomic mass is 10.00. The molecular formula is C16H21N3O5. The van der Waals surface area contributed by atoms with E-state index in [9.17, 15) is 9.59 Å². The van der Waals surface area contributed by atoms with Crippen molar-refractivity contribution in [3.05, 3.63) is 17.7 Å². The summed E-state index contributed by atoms with van der Waals surface area (Å²) >= 11 is 0. The van der Waals surface area contributed by atoms with E-state index in [-0.39, 0.29) is 0 Å². The molecule has 0 unspecified atom stereocenters. The number of nitrogens with zero attached hydrogens (tertiary/aromatic N) is 2. The molecular weight excluding hydrogens is 314 g/mol. The zero-order valence-electron chi connectivity index (χ0n) is 14.4. The Labute approximate surface area is 140 Å². The minimum Gasteiger partial charge on any atom is -0.493 e. The van der Waals surface area contributed by atoms with Crippen LogP contribution in [-0.2, 0) is 4.79 Å². The number of urea groups is 1. The maximum absolute atomic E-state index is 12.3. The van der Waals surface area contributed by atoms with Crippen LogP contribution in [0.15, 0.2) is 17.2 Å². The molecule has 1 fully saturated rings. The molecule has 130 valence electrons. The molecule has 1 aliphatic heterocycles. The Kier molecular flexibility index (Phi) is 4.96. The van der Waals surface area contributed by atoms with Gasteiger partial charge in [0, 0.05) is 5.56 Å². The molecule has 1 aromatic rings. The first-order chi connectivity index (χ1) is 11.4. The van der Waals surface area contributed by atoms with Gasteiger partial charge >= 0.3 is 6.03 Å². The maximum atomic E-state index is 12.3. The number of rotatable bonds is 6. The largest absolute Gasteiger partial charge is 0.493 e. The van der Waals surface area contributed by atoms with Gasteiger partial charge in [0.15, 0.2) is 11.5 Å². The Morgan fingerprint density at radius 2 is 1.75 bits per heavy atom. The summed E-state index contributed by atoms with van der Waals surface area (Å²) in [6, 6.07) is 2.79. The van der Waals surface area contributed by atoms with E-state index in [4.69, 9.17) is 14.2 Å². The lowest BCUT2D eigenvalue weighted by Crippen LogP contribution is -2.42. The molecule has 2 rings (SSSR count). The Balaban J connectivity index is 2.33. The number of benzene rings is 1. The maximum Gasteiger partial charge on any atom is 0.346 e. The van der Waals surface area contributed by atoms with Crippen LogP contribution in [0.2, 0.25) is 0 Å². The third-order valence-electron chi connectivity index (χ3n) is 3.96. The molecule has 0 bridgehead atoms. The second kappa shape index (κ2) is 6.77. The number of carbonyl (C=O) groups is 2. The highest BCUT2D eigenvalue weighted by Crippen LogP contribution is 2.37. The van der Waals surface area contributed by atoms with Crippen LogP contribution in [0.5, 0.6) is 17.2 Å². The number of hydrogen-bond donors (Lipinski definition) is 1. The predicted octanol–water partition coefficient (Wildman–Crippen LogP) is 1.77. The zero-order chi connectivity index (χ0) is 17.9. The highest BCUT2D eigenvalue weighted by molar-refractivity contribution is 6.07. The van der Waals surface area contributed by atoms with E-state index >= 15 is 0 Å². The standard InChI is InChI=1S/C16H21N3O5/c1-6-16(2)14(20)19(15(21)18-16)17-9-10-7-11(22-3)13(24-5)12(8-10)23-4/h7-9H,6H2,1-5H3,(H,18,21)/b17-9-/t16-/m0/s1. The molecule has 1 aliphatic rings. The minimum atomic E-state index is -0.927. The summed E-state index contributed by atoms with van der Waals surface area (Å²) in [7, 11) is 4.51. The molecule has 8 nitrogen and oxygen atoms in total. The van der Waals surface area contributed by atoms with Crippen molar-refractivity contribution in [2.45, 2.75) is 25.8 Å². The van der Waals surface area contributed by atoms with Gasteiger partial charge in [0.05, 0.1) is 27.5 Å². The fraction of sp³-hybridized carbons (Fsp3) is 0.438. The molecule has 1 atom stereocenters. The molecule has 0 aliphatic carbocycles. The van der Waals surface area contributed by atoms with Crippen LogP contribution >= 0.6 is 0 Å². The first kappa shape index (κ1) is 17.6. The van der Waals surface area contributed by atoms with E-state index < -0.39 is 17.5 Å². The summed E-state index contributed by atoms with van der Waals surface area (Å²) in [5.74, 6) is 0.965. The molecule has 1 saturated heterocycles. The second-order valence-electron chi connectivity index (χ2n) is 5.44. The Bertz CT molecular complexity index is 663. The Morgan fingerprint density at radius 1 is 1.17 bits per heavy atom. The van der Waals surface area contributed by atoms with E-state index in [1.807, 2.05) is 6.92 Å². The van der Waals surface area contributed by atoms with Gasteiger partial charge < -0.3 is 19.5 Å². The quantitative estimate of drug-likeness (QED) is 0.632. The average Bonchev–Trinajstić information content (AvgIpc) is 2.81. The number of imide groups is 1. The summed E-state index contributed by atoms with van der Waals surface area (Å²) in [5, 5.41) is 7.46. The van der Waals surface area contributed by atoms with Crippen LogP contribution in [0.25, 0.3) is 0 Å². The molecule has 1 heterocycles. The number of hydrazone groups is 1. The summed E-state index contributed by atoms with van der Waals surface area (Å²) in [5.41, 5.74) is -0.334. The molecule has 3 amide bonds. The fourth-order valence-electron chi connectivity index (χ4n) is 2.31. The highest BCUT2D eigenvalue weighted by atomic mass is 16.5. The molecule has 1 N–H and O–H groups in total. The van der Waals surface area contributed by atoms with Gasteiger partial charge in [0.1, 0.15) is 5.54 Å². The van der Waals surface area contributed by atoms with Crippen molar-refractivity contribution in [1.82, 2.24) is 10.3 Å². The van der Waals surface area contributed by atoms with Gasteiger partial charge in [-0.15, -0.1) is 5.01 Å². The van der Waals surface area contributed by atoms with Crippen LogP contribution < -0.4 is 19.5 Å². The summed E-state index contributed by atoms with van der Waals surface area (Å²) in [6.45, 7) is 3.49. The summed E-state index contributed by atoms with van der Waals surface area (Å²) < 4.78 is 15.8. The topological polar surface area (TPSA) is 89.5 Å². The number of methoxy groups -OCH3 is 3. The lowest BCUT2D eigenvalue weighted by Gasteiger charge is -2.17. The molecule has 0 aromatic heterocycles. The van der Waals surface area contributed by atoms with Crippen molar-refractivity contribution in [3.8, 4) is 17.2 Å². The predicted molar refractivity (Wildman–Crippen MR) is 87.8 cm³/mol. The first-order valence-corrected chi connectivity index (χ1v) is 7.40. The monoisotopic (exact) mass is 335 g/mol. The van der Waals surface area contributed by atoms with Crippen LogP contribution in [0.4, 0.5) is 4.79 Å². The van der Waals surface area contributed by atoms with Crippen LogP contribution in [-0.4, -0.2) is 50.0 Å². The normalized spacial score (nSPS) is 20.5. The fourth-order valence-corrected chi connectivity index (χ4v) is 2.31. The van der Waals surface area contributed by atoms with E-state index in [1.54, 1.807) is 19.1 Å². The van der Waals surface area contributed by atoms with Crippen molar-refractivity contribution >= 4 is 18.2 Å². The lowest BCUT2D eigenvalue weighted by molar-refractivity contribution is -0.130. The average molecular weight is 335 g/mol. The minimum absolute atomic E-state index is 0.390. The molecule has 0 spiro atoms. The van der Waals surface area contributed by atoms with Gasteiger partial charge in [0.25, 0.3) is 5.91 Å². The van der Waals surface area contributed by atoms with Crippen molar-refractivity contribution in [3.63, 3.8) is 0 Å². The molecule has 0 radical (unpaired) electrons. The SMILES string of the molecule is CC[C@]1(C)NC(=O)N(/N=C\c2cc(OC)c(OC)c(OC)c2)C1=O. The van der Waals surface area contributed by atoms with Gasteiger partial charge in [-0.25, -0.2) is 4.79 Å². The molecule has 8 heteroatoms. The van der Waals surface area contributed by atoms with E-state index in [1.165, 1.54) is 27.5 Å². The van der Waals surface area contributed by atoms with Crippen LogP contribution in [0.3, 0.4) is 0 Å². The van der Waals surface area contributed by atoms with E-state index in [0.29, 0.717) is 29.2 Å². The van der Waals surface area contributed by atoms with Crippen molar-refractivity contribution in [2.24, 2.45) is 5.10 Å². The smallest absolute Gasteiger partial charge is 0.346 e. The van der Waals surface area contributed by atoms with Gasteiger partial charge in [-0.3, -0.25) is 4.79 Å². The number of amides is 3. The van der Waals surface area contributed by atoms with Crippen molar-refractivity contribution in [2.75, 3.05) is 21.3 Å². The van der Waals surface area contributed by atoms with E-state index in [0.717, 1.165) is 5.01 Å². The number of ether oxygens (including phenoxy) is 3. The zero-order valence-corrected chi connectivity index (χ0v) is 14.4. The third kappa shape index (κ3) is 2.99. The Morgan fingerprint density at radius 3 is 2.17 bits per heavy atom. The Hall–Kier alpha value is -2.77. The van der Waals surface area contributed by atoms with Crippen molar-refractivity contribution < 1.29 is 23.8 Å². The molecule has 24 heavy (non-hydrogen) atoms. The first-order valence-electron chi connectivity index (χ1n) is 7.40. The molecule has 1 aromatic carbocycles. The van der Waals surface area contributed by atoms with E-state index in [2.05, 4.69) is 10.4 Å². The number of nitrogens with one attached hydrogen (secondary N) is 1. The van der Waals surface area contributed by atoms with Crippen LogP contribution in [0, 0.1) is 0 Å². The van der Waals surface area contributed by atoms with Gasteiger partial charge in [-0.2, -0.15) is 5.10 Å². The second-order valence-corrected chi connectivity index (χ2v) is 5.44. The third-order valence-corrected chi connectivity index (χ3v) is 3.96. The highest BCUT2D eigenvalue weighted by Gasteiger charge is 2.46. The summed E-state index contributed by atoms with van der Waals surface area (Å²) in [4.78, 5) is 24.2. The van der Waals surface area contributed by atoms with Gasteiger partial charge in [-0.1, -0.05) is 6.92 Å².